The maximum atomic E-state index is 14.2. The van der Waals surface area contributed by atoms with Gasteiger partial charge < -0.3 is 20.6 Å². The van der Waals surface area contributed by atoms with Crippen LogP contribution in [0.3, 0.4) is 0 Å². The molecule has 5 nitrogen and oxygen atoms in total. The molecule has 1 aliphatic carbocycles. The van der Waals surface area contributed by atoms with Gasteiger partial charge in [0.1, 0.15) is 5.82 Å². The molecule has 0 unspecified atom stereocenters. The molecule has 1 aromatic rings. The number of aliphatic imine (C=N–C) groups is 1. The first-order chi connectivity index (χ1) is 13.0. The zero-order valence-electron chi connectivity index (χ0n) is 17.4. The van der Waals surface area contributed by atoms with Crippen LogP contribution in [-0.2, 0) is 6.54 Å². The maximum Gasteiger partial charge on any atom is 0.191 e. The lowest BCUT2D eigenvalue weighted by Gasteiger charge is -2.37. The molecule has 7 heteroatoms. The molecule has 0 radical (unpaired) electrons. The third-order valence-electron chi connectivity index (χ3n) is 5.45. The van der Waals surface area contributed by atoms with Crippen molar-refractivity contribution in [3.05, 3.63) is 29.6 Å². The van der Waals surface area contributed by atoms with Crippen molar-refractivity contribution in [3.8, 4) is 0 Å². The molecule has 1 fully saturated rings. The first-order valence-electron chi connectivity index (χ1n) is 10.1. The Labute approximate surface area is 186 Å². The summed E-state index contributed by atoms with van der Waals surface area (Å²) in [5, 5.41) is 16.2. The molecule has 0 aliphatic heterocycles. The second kappa shape index (κ2) is 12.5. The minimum Gasteiger partial charge on any atom is -0.396 e. The van der Waals surface area contributed by atoms with Crippen molar-refractivity contribution in [1.82, 2.24) is 10.6 Å². The molecule has 0 heterocycles. The van der Waals surface area contributed by atoms with Gasteiger partial charge in [0.25, 0.3) is 0 Å². The summed E-state index contributed by atoms with van der Waals surface area (Å²) in [6.07, 6.45) is 6.88. The summed E-state index contributed by atoms with van der Waals surface area (Å²) in [6.45, 7) is 4.27. The standard InChI is InChI=1S/C21H35FN4O.HI/c1-4-23-20(25-16-21(12-13-27)10-6-5-7-11-21)24-15-17-8-9-19(26(2)3)18(22)14-17;/h8-9,14,27H,4-7,10-13,15-16H2,1-3H3,(H2,23,24,25);1H. The van der Waals surface area contributed by atoms with Gasteiger partial charge in [-0.1, -0.05) is 25.3 Å². The van der Waals surface area contributed by atoms with Crippen molar-refractivity contribution < 1.29 is 9.50 Å². The number of anilines is 1. The number of nitrogens with zero attached hydrogens (tertiary/aromatic N) is 2. The lowest BCUT2D eigenvalue weighted by Crippen LogP contribution is -2.44. The smallest absolute Gasteiger partial charge is 0.191 e. The van der Waals surface area contributed by atoms with E-state index in [0.29, 0.717) is 12.2 Å². The largest absolute Gasteiger partial charge is 0.396 e. The van der Waals surface area contributed by atoms with E-state index in [-0.39, 0.29) is 41.8 Å². The molecule has 28 heavy (non-hydrogen) atoms. The van der Waals surface area contributed by atoms with Crippen molar-refractivity contribution in [1.29, 1.82) is 0 Å². The molecule has 0 aromatic heterocycles. The number of hydrogen-bond donors (Lipinski definition) is 3. The van der Waals surface area contributed by atoms with Gasteiger partial charge in [0.2, 0.25) is 0 Å². The van der Waals surface area contributed by atoms with E-state index in [2.05, 4.69) is 15.6 Å². The number of benzene rings is 1. The van der Waals surface area contributed by atoms with Crippen molar-refractivity contribution in [2.45, 2.75) is 52.0 Å². The van der Waals surface area contributed by atoms with Crippen LogP contribution in [0.1, 0.15) is 51.0 Å². The SMILES string of the molecule is CCNC(=NCc1ccc(N(C)C)c(F)c1)NCC1(CCO)CCCCC1.I. The van der Waals surface area contributed by atoms with E-state index in [1.165, 1.54) is 19.3 Å². The Bertz CT molecular complexity index is 613. The van der Waals surface area contributed by atoms with Crippen molar-refractivity contribution in [2.75, 3.05) is 38.7 Å². The van der Waals surface area contributed by atoms with Crippen molar-refractivity contribution >= 4 is 35.6 Å². The number of aliphatic hydroxyl groups is 1. The van der Waals surface area contributed by atoms with Gasteiger partial charge in [-0.15, -0.1) is 24.0 Å². The lowest BCUT2D eigenvalue weighted by molar-refractivity contribution is 0.131. The average molecular weight is 506 g/mol. The summed E-state index contributed by atoms with van der Waals surface area (Å²) < 4.78 is 14.2. The number of rotatable bonds is 8. The van der Waals surface area contributed by atoms with E-state index in [9.17, 15) is 9.50 Å². The molecule has 160 valence electrons. The molecule has 0 amide bonds. The summed E-state index contributed by atoms with van der Waals surface area (Å²) in [5.41, 5.74) is 1.58. The molecule has 0 bridgehead atoms. The summed E-state index contributed by atoms with van der Waals surface area (Å²) in [5.74, 6) is 0.521. The Hall–Kier alpha value is -1.09. The van der Waals surface area contributed by atoms with Gasteiger partial charge in [-0.2, -0.15) is 0 Å². The van der Waals surface area contributed by atoms with Crippen LogP contribution >= 0.6 is 24.0 Å². The monoisotopic (exact) mass is 506 g/mol. The molecule has 1 saturated carbocycles. The Morgan fingerprint density at radius 1 is 1.21 bits per heavy atom. The van der Waals surface area contributed by atoms with Gasteiger partial charge >= 0.3 is 0 Å². The Kier molecular flexibility index (Phi) is 11.1. The van der Waals surface area contributed by atoms with Gasteiger partial charge in [0.15, 0.2) is 5.96 Å². The Morgan fingerprint density at radius 2 is 1.93 bits per heavy atom. The van der Waals surface area contributed by atoms with Gasteiger partial charge in [0.05, 0.1) is 12.2 Å². The molecular weight excluding hydrogens is 470 g/mol. The quantitative estimate of drug-likeness (QED) is 0.285. The number of nitrogens with one attached hydrogen (secondary N) is 2. The number of aliphatic hydroxyl groups excluding tert-OH is 1. The highest BCUT2D eigenvalue weighted by atomic mass is 127. The van der Waals surface area contributed by atoms with Gasteiger partial charge in [-0.25, -0.2) is 9.38 Å². The summed E-state index contributed by atoms with van der Waals surface area (Å²) in [6, 6.07) is 5.26. The third-order valence-corrected chi connectivity index (χ3v) is 5.45. The minimum atomic E-state index is -0.227. The third kappa shape index (κ3) is 7.39. The van der Waals surface area contributed by atoms with Gasteiger partial charge in [-0.3, -0.25) is 0 Å². The topological polar surface area (TPSA) is 59.9 Å². The first kappa shape index (κ1) is 24.9. The number of halogens is 2. The van der Waals surface area contributed by atoms with Crippen LogP contribution in [0.4, 0.5) is 10.1 Å². The molecule has 0 spiro atoms. The van der Waals surface area contributed by atoms with Crippen LogP contribution in [-0.4, -0.2) is 44.9 Å². The lowest BCUT2D eigenvalue weighted by atomic mass is 9.72. The fraction of sp³-hybridized carbons (Fsp3) is 0.667. The van der Waals surface area contributed by atoms with E-state index in [1.807, 2.05) is 27.1 Å². The second-order valence-electron chi connectivity index (χ2n) is 7.76. The number of guanidine groups is 1. The Morgan fingerprint density at radius 3 is 2.50 bits per heavy atom. The van der Waals surface area contributed by atoms with Crippen LogP contribution in [0.15, 0.2) is 23.2 Å². The van der Waals surface area contributed by atoms with E-state index < -0.39 is 0 Å². The first-order valence-corrected chi connectivity index (χ1v) is 10.1. The van der Waals surface area contributed by atoms with Crippen molar-refractivity contribution in [3.63, 3.8) is 0 Å². The summed E-state index contributed by atoms with van der Waals surface area (Å²) in [7, 11) is 3.66. The fourth-order valence-corrected chi connectivity index (χ4v) is 3.85. The molecular formula is C21H36FIN4O. The highest BCUT2D eigenvalue weighted by Gasteiger charge is 2.31. The molecule has 0 atom stereocenters. The predicted molar refractivity (Wildman–Crippen MR) is 126 cm³/mol. The van der Waals surface area contributed by atoms with Crippen LogP contribution in [0, 0.1) is 11.2 Å². The van der Waals surface area contributed by atoms with E-state index in [0.717, 1.165) is 43.9 Å². The average Bonchev–Trinajstić information content (AvgIpc) is 2.65. The highest BCUT2D eigenvalue weighted by molar-refractivity contribution is 14.0. The molecule has 0 saturated heterocycles. The highest BCUT2D eigenvalue weighted by Crippen LogP contribution is 2.38. The van der Waals surface area contributed by atoms with E-state index >= 15 is 0 Å². The molecule has 3 N–H and O–H groups in total. The van der Waals surface area contributed by atoms with Crippen LogP contribution in [0.25, 0.3) is 0 Å². The van der Waals surface area contributed by atoms with E-state index in [4.69, 9.17) is 0 Å². The predicted octanol–water partition coefficient (Wildman–Crippen LogP) is 3.90. The van der Waals surface area contributed by atoms with Crippen LogP contribution < -0.4 is 15.5 Å². The molecule has 1 aromatic carbocycles. The molecule has 2 rings (SSSR count). The normalized spacial score (nSPS) is 16.2. The zero-order valence-corrected chi connectivity index (χ0v) is 19.8. The Balaban J connectivity index is 0.00000392. The molecule has 1 aliphatic rings. The zero-order chi connectivity index (χ0) is 19.7. The maximum absolute atomic E-state index is 14.2. The minimum absolute atomic E-state index is 0. The van der Waals surface area contributed by atoms with Crippen LogP contribution in [0.5, 0.6) is 0 Å². The summed E-state index contributed by atoms with van der Waals surface area (Å²) >= 11 is 0. The number of hydrogen-bond acceptors (Lipinski definition) is 3. The summed E-state index contributed by atoms with van der Waals surface area (Å²) in [4.78, 5) is 6.39. The van der Waals surface area contributed by atoms with E-state index in [1.54, 1.807) is 17.0 Å². The second-order valence-corrected chi connectivity index (χ2v) is 7.76. The van der Waals surface area contributed by atoms with Crippen LogP contribution in [0.2, 0.25) is 0 Å². The van der Waals surface area contributed by atoms with Gasteiger partial charge in [-0.05, 0) is 49.3 Å². The fourth-order valence-electron chi connectivity index (χ4n) is 3.85. The van der Waals surface area contributed by atoms with Gasteiger partial charge in [0, 0.05) is 33.8 Å². The van der Waals surface area contributed by atoms with Crippen molar-refractivity contribution in [2.24, 2.45) is 10.4 Å².